The predicted molar refractivity (Wildman–Crippen MR) is 246 cm³/mol. The number of amides is 2. The first-order chi connectivity index (χ1) is 31.6. The maximum Gasteiger partial charge on any atom is 0.481 e. The Bertz CT molecular complexity index is 2090. The Labute approximate surface area is 393 Å². The molecule has 24 nitrogen and oxygen atoms in total. The molecule has 28 heteroatoms. The zero-order chi connectivity index (χ0) is 49.7. The first-order valence-electron chi connectivity index (χ1n) is 21.9. The van der Waals surface area contributed by atoms with Gasteiger partial charge in [0.25, 0.3) is 0 Å². The van der Waals surface area contributed by atoms with Crippen LogP contribution in [0.1, 0.15) is 110 Å². The number of aliphatic hydroxyl groups excluding tert-OH is 2. The van der Waals surface area contributed by atoms with Gasteiger partial charge in [0, 0.05) is 30.7 Å². The van der Waals surface area contributed by atoms with Gasteiger partial charge in [0.1, 0.15) is 36.3 Å². The van der Waals surface area contributed by atoms with Crippen LogP contribution in [0.3, 0.4) is 0 Å². The molecule has 7 atom stereocenters. The molecule has 2 aromatic rings. The van der Waals surface area contributed by atoms with Gasteiger partial charge in [-0.15, -0.1) is 0 Å². The van der Waals surface area contributed by atoms with Crippen molar-refractivity contribution in [2.75, 3.05) is 37.8 Å². The lowest BCUT2D eigenvalue weighted by molar-refractivity contribution is -0.137. The second-order valence-electron chi connectivity index (χ2n) is 16.3. The summed E-state index contributed by atoms with van der Waals surface area (Å²) in [5, 5.41) is 26.4. The summed E-state index contributed by atoms with van der Waals surface area (Å²) in [4.78, 5) is 88.2. The molecule has 1 aliphatic heterocycles. The quantitative estimate of drug-likeness (QED) is 0.0206. The van der Waals surface area contributed by atoms with Gasteiger partial charge in [0.2, 0.25) is 16.9 Å². The lowest BCUT2D eigenvalue weighted by atomic mass is 9.87. The van der Waals surface area contributed by atoms with Gasteiger partial charge in [-0.2, -0.15) is 4.31 Å². The lowest BCUT2D eigenvalue weighted by Crippen LogP contribution is -2.46. The number of anilines is 1. The van der Waals surface area contributed by atoms with Crippen molar-refractivity contribution in [3.8, 4) is 0 Å². The Hall–Kier alpha value is -2.96. The minimum absolute atomic E-state index is 0.0314. The van der Waals surface area contributed by atoms with E-state index in [1.807, 2.05) is 6.08 Å². The summed E-state index contributed by atoms with van der Waals surface area (Å²) in [7, 11) is -16.4. The molecule has 3 heterocycles. The highest BCUT2D eigenvalue weighted by molar-refractivity contribution is 8.14. The average molecular weight is 1030 g/mol. The average Bonchev–Trinajstić information content (AvgIpc) is 3.81. The van der Waals surface area contributed by atoms with Crippen LogP contribution in [-0.2, 0) is 50.7 Å². The van der Waals surface area contributed by atoms with Crippen LogP contribution in [0, 0.1) is 5.41 Å². The molecule has 1 aliphatic rings. The third-order valence-electron chi connectivity index (χ3n) is 10.1. The molecule has 0 aliphatic carbocycles. The van der Waals surface area contributed by atoms with Crippen molar-refractivity contribution in [3.05, 3.63) is 37.0 Å². The van der Waals surface area contributed by atoms with Crippen molar-refractivity contribution >= 4 is 69.1 Å². The highest BCUT2D eigenvalue weighted by Crippen LogP contribution is 2.61. The Morgan fingerprint density at radius 2 is 1.55 bits per heavy atom. The predicted octanol–water partition coefficient (Wildman–Crippen LogP) is 4.48. The number of carbonyl (C=O) groups excluding carboxylic acids is 3. The molecule has 0 aromatic carbocycles. The number of allylic oxidation sites excluding steroid dienone is 3. The van der Waals surface area contributed by atoms with Gasteiger partial charge in [0.05, 0.1) is 19.5 Å². The zero-order valence-electron chi connectivity index (χ0n) is 37.9. The van der Waals surface area contributed by atoms with E-state index in [4.69, 9.17) is 19.5 Å². The second-order valence-corrected chi connectivity index (χ2v) is 21.6. The van der Waals surface area contributed by atoms with E-state index in [0.29, 0.717) is 5.75 Å². The summed E-state index contributed by atoms with van der Waals surface area (Å²) in [5.74, 6) is -1.12. The number of unbranched alkanes of at least 4 members (excludes halogenated alkanes) is 10. The van der Waals surface area contributed by atoms with Gasteiger partial charge in [-0.05, 0) is 38.2 Å². The molecule has 3 rings (SSSR count). The number of nitrogens with one attached hydrogen (secondary N) is 2. The number of phosphoric ester groups is 3. The van der Waals surface area contributed by atoms with E-state index in [2.05, 4.69) is 53.5 Å². The Morgan fingerprint density at radius 3 is 2.24 bits per heavy atom. The second kappa shape index (κ2) is 28.6. The third kappa shape index (κ3) is 21.7. The number of nitrogens with zero attached hydrogens (tertiary/aromatic N) is 4. The molecule has 380 valence electrons. The molecule has 0 saturated carbocycles. The fourth-order valence-electron chi connectivity index (χ4n) is 6.49. The van der Waals surface area contributed by atoms with Crippen LogP contribution in [0.25, 0.3) is 11.2 Å². The van der Waals surface area contributed by atoms with Gasteiger partial charge in [-0.3, -0.25) is 32.5 Å². The molecule has 67 heavy (non-hydrogen) atoms. The van der Waals surface area contributed by atoms with E-state index in [-0.39, 0.29) is 41.6 Å². The molecular formula is C39H66N7O17P3S. The number of aliphatic hydroxyl groups is 2. The van der Waals surface area contributed by atoms with Crippen LogP contribution in [0.5, 0.6) is 0 Å². The van der Waals surface area contributed by atoms with Crippen LogP contribution in [0.15, 0.2) is 37.0 Å². The van der Waals surface area contributed by atoms with Crippen LogP contribution in [0.2, 0.25) is 0 Å². The summed E-state index contributed by atoms with van der Waals surface area (Å²) < 4.78 is 62.4. The van der Waals surface area contributed by atoms with E-state index in [0.717, 1.165) is 54.7 Å². The summed E-state index contributed by atoms with van der Waals surface area (Å²) >= 11 is 1.06. The van der Waals surface area contributed by atoms with Crippen molar-refractivity contribution in [3.63, 3.8) is 0 Å². The van der Waals surface area contributed by atoms with E-state index in [1.165, 1.54) is 71.3 Å². The number of thioether (sulfide) groups is 1. The third-order valence-corrected chi connectivity index (χ3v) is 14.1. The van der Waals surface area contributed by atoms with Crippen LogP contribution >= 0.6 is 35.2 Å². The molecule has 2 aromatic heterocycles. The summed E-state index contributed by atoms with van der Waals surface area (Å²) in [5.41, 5.74) is 4.27. The topological polar surface area (TPSA) is 364 Å². The molecule has 2 unspecified atom stereocenters. The van der Waals surface area contributed by atoms with Crippen molar-refractivity contribution in [2.45, 2.75) is 135 Å². The highest BCUT2D eigenvalue weighted by Gasteiger charge is 2.50. The van der Waals surface area contributed by atoms with Crippen LogP contribution in [0.4, 0.5) is 5.82 Å². The van der Waals surface area contributed by atoms with E-state index >= 15 is 0 Å². The number of aromatic nitrogens is 4. The standard InChI is InChI=1S/C39H66N7O17P3S/c1-4-5-6-7-8-9-10-11-12-13-14-15-16-17-18-19-30(48)67-23-22-41-29(47)20-21-42-37(51)34(50)39(2,3)25-60-66(57,58)63-65(55,56)59-24-28-33(62-64(52,53)54)32(49)38(61-28)46-27-45-31-35(40)43-26-44-36(31)46/h13-14,18-19,26-28,32-34,38,49-50H,4-12,15-17,20-25H2,1-3H3,(H,41,47)(H,42,51)(H,55,56)(H,57,58)(H2,40,43,44)(H2,52,53,54)/b14-13-,19-18+/t28-,32-,33-,34+,38-/m1/s1. The lowest BCUT2D eigenvalue weighted by Gasteiger charge is -2.30. The van der Waals surface area contributed by atoms with Gasteiger partial charge in [0.15, 0.2) is 17.7 Å². The first-order valence-corrected chi connectivity index (χ1v) is 27.4. The fraction of sp³-hybridized carbons (Fsp3) is 0.692. The number of carbonyl (C=O) groups is 3. The van der Waals surface area contributed by atoms with Gasteiger partial charge < -0.3 is 50.9 Å². The first kappa shape index (κ1) is 58.4. The Morgan fingerprint density at radius 1 is 0.910 bits per heavy atom. The Kier molecular flexibility index (Phi) is 24.9. The number of phosphoric acid groups is 3. The molecule has 0 spiro atoms. The number of nitrogen functional groups attached to an aromatic ring is 1. The van der Waals surface area contributed by atoms with E-state index in [1.54, 1.807) is 0 Å². The Balaban J connectivity index is 1.32. The molecule has 10 N–H and O–H groups in total. The molecule has 0 radical (unpaired) electrons. The van der Waals surface area contributed by atoms with Gasteiger partial charge >= 0.3 is 23.5 Å². The summed E-state index contributed by atoms with van der Waals surface area (Å²) in [6.45, 7) is 2.73. The van der Waals surface area contributed by atoms with E-state index in [9.17, 15) is 57.9 Å². The van der Waals surface area contributed by atoms with Crippen molar-refractivity contribution in [1.82, 2.24) is 30.2 Å². The number of hydrogen-bond acceptors (Lipinski definition) is 18. The number of ether oxygens (including phenoxy) is 1. The zero-order valence-corrected chi connectivity index (χ0v) is 41.4. The SMILES string of the molecule is CCCCCCCCCC/C=C\CCC/C=C/C(=O)SCCNC(=O)CCNC(=O)[C@H](O)C(C)(C)COP(=O)(O)OP(=O)(O)OC[C@H]1O[C@@H](n2cnc3c(N)ncnc32)[C@H](O)[C@@H]1OP(=O)(O)O. The summed E-state index contributed by atoms with van der Waals surface area (Å²) in [6.07, 6.45) is 15.1. The fourth-order valence-corrected chi connectivity index (χ4v) is 9.92. The number of fused-ring (bicyclic) bond motifs is 1. The number of rotatable bonds is 33. The number of imidazole rings is 1. The molecule has 1 fully saturated rings. The monoisotopic (exact) mass is 1030 g/mol. The molecule has 2 amide bonds. The minimum atomic E-state index is -5.58. The maximum absolute atomic E-state index is 12.7. The van der Waals surface area contributed by atoms with Crippen molar-refractivity contribution in [1.29, 1.82) is 0 Å². The maximum atomic E-state index is 12.7. The van der Waals surface area contributed by atoms with Crippen molar-refractivity contribution in [2.24, 2.45) is 5.41 Å². The molecule has 1 saturated heterocycles. The number of nitrogens with two attached hydrogens (primary N) is 1. The normalized spacial score (nSPS) is 20.3. The number of hydrogen-bond donors (Lipinski definition) is 9. The van der Waals surface area contributed by atoms with Gasteiger partial charge in [-0.1, -0.05) is 95.7 Å². The van der Waals surface area contributed by atoms with Crippen molar-refractivity contribution < 1.29 is 80.5 Å². The molecular weight excluding hydrogens is 963 g/mol. The summed E-state index contributed by atoms with van der Waals surface area (Å²) in [6, 6.07) is 0. The largest absolute Gasteiger partial charge is 0.481 e. The minimum Gasteiger partial charge on any atom is -0.386 e. The van der Waals surface area contributed by atoms with E-state index < -0.39 is 84.6 Å². The highest BCUT2D eigenvalue weighted by atomic mass is 32.2. The smallest absolute Gasteiger partial charge is 0.386 e. The van der Waals surface area contributed by atoms with Crippen LogP contribution < -0.4 is 16.4 Å². The van der Waals surface area contributed by atoms with Crippen LogP contribution in [-0.4, -0.2) is 123 Å². The van der Waals surface area contributed by atoms with Gasteiger partial charge in [-0.25, -0.2) is 28.6 Å². The molecule has 0 bridgehead atoms.